The van der Waals surface area contributed by atoms with E-state index in [4.69, 9.17) is 0 Å². The van der Waals surface area contributed by atoms with E-state index in [1.807, 2.05) is 13.8 Å². The second-order valence-electron chi connectivity index (χ2n) is 2.71. The van der Waals surface area contributed by atoms with Gasteiger partial charge in [0.15, 0.2) is 0 Å². The van der Waals surface area contributed by atoms with E-state index in [2.05, 4.69) is 27.1 Å². The van der Waals surface area contributed by atoms with Crippen molar-refractivity contribution >= 4 is 0 Å². The molecule has 0 amide bonds. The summed E-state index contributed by atoms with van der Waals surface area (Å²) in [5.41, 5.74) is 1.04. The first-order valence-corrected chi connectivity index (χ1v) is 3.99. The second kappa shape index (κ2) is 4.01. The van der Waals surface area contributed by atoms with Gasteiger partial charge in [-0.05, 0) is 13.5 Å². The van der Waals surface area contributed by atoms with E-state index in [0.717, 1.165) is 17.9 Å². The van der Waals surface area contributed by atoms with Gasteiger partial charge in [-0.3, -0.25) is 5.10 Å². The molecule has 0 spiro atoms. The van der Waals surface area contributed by atoms with E-state index in [0.29, 0.717) is 0 Å². The fourth-order valence-corrected chi connectivity index (χ4v) is 1.06. The highest BCUT2D eigenvalue weighted by Gasteiger charge is 2.12. The number of likely N-dealkylation sites (N-methyl/N-ethyl adjacent to an activating group) is 1. The minimum absolute atomic E-state index is 0.0949. The molecule has 2 N–H and O–H groups in total. The number of H-pyrrole nitrogens is 1. The van der Waals surface area contributed by atoms with Crippen molar-refractivity contribution in [1.29, 1.82) is 0 Å². The first-order valence-electron chi connectivity index (χ1n) is 3.99. The van der Waals surface area contributed by atoms with Gasteiger partial charge in [-0.2, -0.15) is 5.10 Å². The summed E-state index contributed by atoms with van der Waals surface area (Å²) in [5.74, 6) is 0.823. The van der Waals surface area contributed by atoms with E-state index >= 15 is 0 Å². The summed E-state index contributed by atoms with van der Waals surface area (Å²) in [6, 6.07) is 0.0949. The first kappa shape index (κ1) is 8.93. The lowest BCUT2D eigenvalue weighted by Gasteiger charge is -2.14. The van der Waals surface area contributed by atoms with Crippen LogP contribution in [-0.4, -0.2) is 21.7 Å². The van der Waals surface area contributed by atoms with Crippen molar-refractivity contribution in [3.05, 3.63) is 24.3 Å². The highest BCUT2D eigenvalue weighted by molar-refractivity contribution is 5.10. The van der Waals surface area contributed by atoms with Crippen LogP contribution in [0, 0.1) is 0 Å². The van der Waals surface area contributed by atoms with Crippen molar-refractivity contribution in [2.45, 2.75) is 19.9 Å². The summed E-state index contributed by atoms with van der Waals surface area (Å²) < 4.78 is 0. The summed E-state index contributed by atoms with van der Waals surface area (Å²) in [6.07, 6.45) is 1.50. The molecule has 0 aliphatic carbocycles. The molecule has 0 bridgehead atoms. The average Bonchev–Trinajstić information content (AvgIpc) is 2.51. The van der Waals surface area contributed by atoms with Crippen molar-refractivity contribution < 1.29 is 0 Å². The Bertz CT molecular complexity index is 240. The predicted octanol–water partition coefficient (Wildman–Crippen LogP) is 1.03. The monoisotopic (exact) mass is 166 g/mol. The molecule has 12 heavy (non-hydrogen) atoms. The largest absolute Gasteiger partial charge is 0.304 e. The Morgan fingerprint density at radius 2 is 2.58 bits per heavy atom. The fourth-order valence-electron chi connectivity index (χ4n) is 1.06. The highest BCUT2D eigenvalue weighted by Crippen LogP contribution is 2.14. The van der Waals surface area contributed by atoms with E-state index < -0.39 is 0 Å². The number of nitrogens with one attached hydrogen (secondary N) is 2. The van der Waals surface area contributed by atoms with Gasteiger partial charge in [0.2, 0.25) is 0 Å². The molecule has 0 aliphatic rings. The Hall–Kier alpha value is -1.16. The minimum Gasteiger partial charge on any atom is -0.304 e. The summed E-state index contributed by atoms with van der Waals surface area (Å²) in [4.78, 5) is 4.07. The molecular formula is C8H14N4. The predicted molar refractivity (Wildman–Crippen MR) is 47.6 cm³/mol. The maximum absolute atomic E-state index is 4.07. The lowest BCUT2D eigenvalue weighted by atomic mass is 10.1. The van der Waals surface area contributed by atoms with Crippen molar-refractivity contribution in [3.63, 3.8) is 0 Å². The van der Waals surface area contributed by atoms with Crippen LogP contribution in [-0.2, 0) is 0 Å². The molecule has 66 valence electrons. The van der Waals surface area contributed by atoms with Crippen molar-refractivity contribution in [2.75, 3.05) is 6.54 Å². The van der Waals surface area contributed by atoms with E-state index in [9.17, 15) is 0 Å². The third kappa shape index (κ3) is 1.92. The van der Waals surface area contributed by atoms with Gasteiger partial charge in [0.1, 0.15) is 12.2 Å². The summed E-state index contributed by atoms with van der Waals surface area (Å²) >= 11 is 0. The molecule has 4 heteroatoms. The Morgan fingerprint density at radius 1 is 1.83 bits per heavy atom. The van der Waals surface area contributed by atoms with Crippen LogP contribution in [0.1, 0.15) is 25.7 Å². The van der Waals surface area contributed by atoms with E-state index in [1.165, 1.54) is 6.33 Å². The number of nitrogens with zero attached hydrogens (tertiary/aromatic N) is 2. The second-order valence-corrected chi connectivity index (χ2v) is 2.71. The van der Waals surface area contributed by atoms with Crippen LogP contribution in [0.25, 0.3) is 0 Å². The van der Waals surface area contributed by atoms with Crippen LogP contribution in [0.4, 0.5) is 0 Å². The van der Waals surface area contributed by atoms with Crippen molar-refractivity contribution in [1.82, 2.24) is 20.5 Å². The third-order valence-electron chi connectivity index (χ3n) is 1.61. The highest BCUT2D eigenvalue weighted by atomic mass is 15.2. The van der Waals surface area contributed by atoms with Gasteiger partial charge in [0, 0.05) is 0 Å². The Labute approximate surface area is 72.1 Å². The number of hydrogen-bond acceptors (Lipinski definition) is 3. The molecule has 0 radical (unpaired) electrons. The van der Waals surface area contributed by atoms with Crippen LogP contribution in [0.5, 0.6) is 0 Å². The SMILES string of the molecule is C=C(C)C(NCC)c1ncn[nH]1. The lowest BCUT2D eigenvalue weighted by Crippen LogP contribution is -2.22. The van der Waals surface area contributed by atoms with Crippen molar-refractivity contribution in [3.8, 4) is 0 Å². The zero-order chi connectivity index (χ0) is 8.97. The van der Waals surface area contributed by atoms with Crippen LogP contribution in [0.2, 0.25) is 0 Å². The summed E-state index contributed by atoms with van der Waals surface area (Å²) in [5, 5.41) is 9.86. The zero-order valence-electron chi connectivity index (χ0n) is 7.46. The van der Waals surface area contributed by atoms with E-state index in [-0.39, 0.29) is 6.04 Å². The molecule has 1 aromatic rings. The van der Waals surface area contributed by atoms with Crippen LogP contribution in [0.3, 0.4) is 0 Å². The molecule has 0 aliphatic heterocycles. The molecule has 0 aromatic carbocycles. The van der Waals surface area contributed by atoms with Crippen LogP contribution < -0.4 is 5.32 Å². The molecule has 0 saturated carbocycles. The maximum Gasteiger partial charge on any atom is 0.145 e. The van der Waals surface area contributed by atoms with Gasteiger partial charge in [0.25, 0.3) is 0 Å². The van der Waals surface area contributed by atoms with Crippen LogP contribution >= 0.6 is 0 Å². The maximum atomic E-state index is 4.07. The van der Waals surface area contributed by atoms with Crippen LogP contribution in [0.15, 0.2) is 18.5 Å². The Morgan fingerprint density at radius 3 is 3.00 bits per heavy atom. The van der Waals surface area contributed by atoms with Gasteiger partial charge < -0.3 is 5.32 Å². The molecule has 1 aromatic heterocycles. The standard InChI is InChI=1S/C8H14N4/c1-4-9-7(6(2)3)8-10-5-11-12-8/h5,7,9H,2,4H2,1,3H3,(H,10,11,12). The smallest absolute Gasteiger partial charge is 0.145 e. The molecule has 1 heterocycles. The van der Waals surface area contributed by atoms with Gasteiger partial charge in [-0.1, -0.05) is 19.1 Å². The molecule has 0 fully saturated rings. The van der Waals surface area contributed by atoms with Gasteiger partial charge in [-0.15, -0.1) is 0 Å². The third-order valence-corrected chi connectivity index (χ3v) is 1.61. The fraction of sp³-hybridized carbons (Fsp3) is 0.500. The molecule has 1 rings (SSSR count). The van der Waals surface area contributed by atoms with Gasteiger partial charge in [0.05, 0.1) is 6.04 Å². The molecule has 1 atom stereocenters. The summed E-state index contributed by atoms with van der Waals surface area (Å²) in [7, 11) is 0. The average molecular weight is 166 g/mol. The minimum atomic E-state index is 0.0949. The molecular weight excluding hydrogens is 152 g/mol. The normalized spacial score (nSPS) is 12.8. The number of aromatic nitrogens is 3. The lowest BCUT2D eigenvalue weighted by molar-refractivity contribution is 0.591. The first-order chi connectivity index (χ1) is 5.75. The topological polar surface area (TPSA) is 53.6 Å². The Kier molecular flexibility index (Phi) is 2.99. The quantitative estimate of drug-likeness (QED) is 0.657. The number of hydrogen-bond donors (Lipinski definition) is 2. The molecule has 1 unspecified atom stereocenters. The Balaban J connectivity index is 2.73. The zero-order valence-corrected chi connectivity index (χ0v) is 7.46. The summed E-state index contributed by atoms with van der Waals surface area (Å²) in [6.45, 7) is 8.78. The van der Waals surface area contributed by atoms with Crippen molar-refractivity contribution in [2.24, 2.45) is 0 Å². The molecule has 0 saturated heterocycles. The van der Waals surface area contributed by atoms with E-state index in [1.54, 1.807) is 0 Å². The number of rotatable bonds is 4. The molecule has 4 nitrogen and oxygen atoms in total. The van der Waals surface area contributed by atoms with Gasteiger partial charge >= 0.3 is 0 Å². The van der Waals surface area contributed by atoms with Gasteiger partial charge in [-0.25, -0.2) is 4.98 Å². The number of aromatic amines is 1.